The van der Waals surface area contributed by atoms with E-state index in [2.05, 4.69) is 20.2 Å². The number of pyridine rings is 2. The molecule has 3 aromatic heterocycles. The molecule has 0 atom stereocenters. The zero-order chi connectivity index (χ0) is 25.8. The molecule has 2 amide bonds. The Kier molecular flexibility index (Phi) is 5.47. The first-order valence-corrected chi connectivity index (χ1v) is 12.9. The number of amides is 2. The molecule has 192 valence electrons. The van der Waals surface area contributed by atoms with Gasteiger partial charge in [-0.1, -0.05) is 0 Å². The molecule has 9 nitrogen and oxygen atoms in total. The van der Waals surface area contributed by atoms with Crippen LogP contribution < -0.4 is 10.2 Å². The van der Waals surface area contributed by atoms with Gasteiger partial charge in [0.2, 0.25) is 0 Å². The van der Waals surface area contributed by atoms with E-state index in [0.717, 1.165) is 52.4 Å². The molecule has 37 heavy (non-hydrogen) atoms. The van der Waals surface area contributed by atoms with Crippen LogP contribution in [0.3, 0.4) is 0 Å². The monoisotopic (exact) mass is 500 g/mol. The second-order valence-corrected chi connectivity index (χ2v) is 11.2. The van der Waals surface area contributed by atoms with E-state index >= 15 is 0 Å². The van der Waals surface area contributed by atoms with Crippen LogP contribution in [0.1, 0.15) is 49.7 Å². The van der Waals surface area contributed by atoms with Crippen LogP contribution in [-0.4, -0.2) is 70.2 Å². The minimum atomic E-state index is -0.495. The summed E-state index contributed by atoms with van der Waals surface area (Å²) in [5.41, 5.74) is 5.10. The number of hydrogen-bond donors (Lipinski definition) is 2. The molecule has 9 heteroatoms. The van der Waals surface area contributed by atoms with Gasteiger partial charge in [-0.15, -0.1) is 0 Å². The molecule has 1 saturated carbocycles. The molecule has 0 bridgehead atoms. The Morgan fingerprint density at radius 1 is 1.03 bits per heavy atom. The number of fused-ring (bicyclic) bond motifs is 2. The molecule has 1 spiro atoms. The van der Waals surface area contributed by atoms with Crippen LogP contribution in [0, 0.1) is 0 Å². The highest BCUT2D eigenvalue weighted by Gasteiger charge is 2.50. The lowest BCUT2D eigenvalue weighted by molar-refractivity contribution is 0.0240. The average Bonchev–Trinajstić information content (AvgIpc) is 3.52. The number of H-pyrrole nitrogens is 1. The molecule has 0 aromatic carbocycles. The molecule has 1 aliphatic carbocycles. The van der Waals surface area contributed by atoms with Crippen molar-refractivity contribution in [1.82, 2.24) is 25.2 Å². The third-order valence-corrected chi connectivity index (χ3v) is 7.40. The van der Waals surface area contributed by atoms with Gasteiger partial charge in [-0.25, -0.2) is 9.78 Å². The number of anilines is 1. The fourth-order valence-electron chi connectivity index (χ4n) is 5.14. The van der Waals surface area contributed by atoms with Crippen molar-refractivity contribution in [3.63, 3.8) is 0 Å². The Hall–Kier alpha value is -3.88. The van der Waals surface area contributed by atoms with Crippen molar-refractivity contribution in [3.05, 3.63) is 54.0 Å². The molecule has 2 N–H and O–H groups in total. The van der Waals surface area contributed by atoms with Crippen molar-refractivity contribution >= 4 is 17.8 Å². The SMILES string of the molecule is CC(C)(C)OC(=O)N1CCN(c2ccc(-c3cc(-c4cc5c([nH]4)C4(CC4)CNC5=O)ccn3)cn2)CC1. The maximum Gasteiger partial charge on any atom is 0.410 e. The predicted octanol–water partition coefficient (Wildman–Crippen LogP) is 3.97. The van der Waals surface area contributed by atoms with Gasteiger partial charge in [-0.2, -0.15) is 0 Å². The third kappa shape index (κ3) is 4.54. The molecule has 1 saturated heterocycles. The van der Waals surface area contributed by atoms with Gasteiger partial charge in [0, 0.05) is 73.0 Å². The van der Waals surface area contributed by atoms with Gasteiger partial charge in [0.1, 0.15) is 11.4 Å². The maximum atomic E-state index is 12.4. The third-order valence-electron chi connectivity index (χ3n) is 7.40. The smallest absolute Gasteiger partial charge is 0.410 e. The molecule has 2 aliphatic heterocycles. The van der Waals surface area contributed by atoms with Crippen LogP contribution in [0.2, 0.25) is 0 Å². The molecule has 6 rings (SSSR count). The van der Waals surface area contributed by atoms with E-state index in [0.29, 0.717) is 32.7 Å². The van der Waals surface area contributed by atoms with Crippen LogP contribution in [0.25, 0.3) is 22.5 Å². The number of nitrogens with one attached hydrogen (secondary N) is 2. The maximum absolute atomic E-state index is 12.4. The summed E-state index contributed by atoms with van der Waals surface area (Å²) in [7, 11) is 0. The standard InChI is InChI=1S/C28H32N6O3/c1-27(2,3)37-26(36)34-12-10-33(11-13-34)23-5-4-19(16-30-23)21-14-18(6-9-29-21)22-15-20-24(32-22)28(7-8-28)17-31-25(20)35/h4-6,9,14-16,32H,7-8,10-13,17H2,1-3H3,(H,31,35). The van der Waals surface area contributed by atoms with Gasteiger partial charge in [0.25, 0.3) is 5.91 Å². The number of ether oxygens (including phenoxy) is 1. The molecule has 2 fully saturated rings. The number of nitrogens with zero attached hydrogens (tertiary/aromatic N) is 4. The molecule has 3 aliphatic rings. The normalized spacial score (nSPS) is 18.4. The zero-order valence-electron chi connectivity index (χ0n) is 21.5. The van der Waals surface area contributed by atoms with Gasteiger partial charge in [0.15, 0.2) is 0 Å². The molecule has 0 radical (unpaired) electrons. The van der Waals surface area contributed by atoms with Crippen LogP contribution in [-0.2, 0) is 10.2 Å². The van der Waals surface area contributed by atoms with Gasteiger partial charge in [-0.3, -0.25) is 9.78 Å². The first-order valence-electron chi connectivity index (χ1n) is 12.9. The molecule has 5 heterocycles. The summed E-state index contributed by atoms with van der Waals surface area (Å²) >= 11 is 0. The minimum Gasteiger partial charge on any atom is -0.444 e. The van der Waals surface area contributed by atoms with Gasteiger partial charge in [0.05, 0.1) is 11.3 Å². The zero-order valence-corrected chi connectivity index (χ0v) is 21.5. The molecule has 3 aromatic rings. The highest BCUT2D eigenvalue weighted by molar-refractivity contribution is 5.99. The quantitative estimate of drug-likeness (QED) is 0.564. The average molecular weight is 501 g/mol. The van der Waals surface area contributed by atoms with Crippen molar-refractivity contribution in [1.29, 1.82) is 0 Å². The summed E-state index contributed by atoms with van der Waals surface area (Å²) in [5.74, 6) is 0.873. The van der Waals surface area contributed by atoms with Crippen LogP contribution in [0.15, 0.2) is 42.7 Å². The summed E-state index contributed by atoms with van der Waals surface area (Å²) < 4.78 is 5.49. The van der Waals surface area contributed by atoms with Crippen molar-refractivity contribution in [2.75, 3.05) is 37.6 Å². The summed E-state index contributed by atoms with van der Waals surface area (Å²) in [4.78, 5) is 41.5. The Morgan fingerprint density at radius 3 is 2.49 bits per heavy atom. The fraction of sp³-hybridized carbons (Fsp3) is 0.429. The second kappa shape index (κ2) is 8.61. The summed E-state index contributed by atoms with van der Waals surface area (Å²) in [6.07, 6.45) is 5.58. The predicted molar refractivity (Wildman–Crippen MR) is 141 cm³/mol. The Balaban J connectivity index is 1.15. The largest absolute Gasteiger partial charge is 0.444 e. The number of piperazine rings is 1. The summed E-state index contributed by atoms with van der Waals surface area (Å²) in [6, 6.07) is 9.99. The van der Waals surface area contributed by atoms with E-state index in [9.17, 15) is 9.59 Å². The van der Waals surface area contributed by atoms with Crippen LogP contribution >= 0.6 is 0 Å². The Morgan fingerprint density at radius 2 is 1.81 bits per heavy atom. The molecule has 0 unspecified atom stereocenters. The van der Waals surface area contributed by atoms with Crippen LogP contribution in [0.4, 0.5) is 10.6 Å². The van der Waals surface area contributed by atoms with E-state index < -0.39 is 5.60 Å². The summed E-state index contributed by atoms with van der Waals surface area (Å²) in [5, 5.41) is 3.03. The van der Waals surface area contributed by atoms with E-state index in [1.807, 2.05) is 57.3 Å². The Bertz CT molecular complexity index is 1340. The topological polar surface area (TPSA) is 103 Å². The highest BCUT2D eigenvalue weighted by atomic mass is 16.6. The number of hydrogen-bond acceptors (Lipinski definition) is 6. The first-order chi connectivity index (χ1) is 17.7. The molecular weight excluding hydrogens is 468 g/mol. The van der Waals surface area contributed by atoms with Crippen molar-refractivity contribution in [2.45, 2.75) is 44.6 Å². The van der Waals surface area contributed by atoms with E-state index in [1.165, 1.54) is 0 Å². The second-order valence-electron chi connectivity index (χ2n) is 11.2. The van der Waals surface area contributed by atoms with E-state index in [1.54, 1.807) is 11.1 Å². The number of carbonyl (C=O) groups is 2. The lowest BCUT2D eigenvalue weighted by Crippen LogP contribution is -2.50. The number of rotatable bonds is 3. The minimum absolute atomic E-state index is 0.00368. The van der Waals surface area contributed by atoms with E-state index in [4.69, 9.17) is 9.72 Å². The lowest BCUT2D eigenvalue weighted by atomic mass is 9.95. The Labute approximate surface area is 216 Å². The van der Waals surface area contributed by atoms with Crippen molar-refractivity contribution < 1.29 is 14.3 Å². The number of carbonyl (C=O) groups excluding carboxylic acids is 2. The lowest BCUT2D eigenvalue weighted by Gasteiger charge is -2.36. The highest BCUT2D eigenvalue weighted by Crippen LogP contribution is 2.50. The number of aromatic nitrogens is 3. The van der Waals surface area contributed by atoms with Gasteiger partial charge < -0.3 is 24.8 Å². The van der Waals surface area contributed by atoms with Crippen LogP contribution in [0.5, 0.6) is 0 Å². The van der Waals surface area contributed by atoms with Gasteiger partial charge in [-0.05, 0) is 63.9 Å². The van der Waals surface area contributed by atoms with Crippen molar-refractivity contribution in [2.24, 2.45) is 0 Å². The summed E-state index contributed by atoms with van der Waals surface area (Å²) in [6.45, 7) is 8.95. The fourth-order valence-corrected chi connectivity index (χ4v) is 5.14. The van der Waals surface area contributed by atoms with Crippen molar-refractivity contribution in [3.8, 4) is 22.5 Å². The van der Waals surface area contributed by atoms with Gasteiger partial charge >= 0.3 is 6.09 Å². The van der Waals surface area contributed by atoms with E-state index in [-0.39, 0.29) is 17.4 Å². The number of aromatic amines is 1. The molecular formula is C28H32N6O3. The first kappa shape index (κ1) is 23.5.